The second-order valence-electron chi connectivity index (χ2n) is 3.46. The Bertz CT molecular complexity index is 371. The largest absolute Gasteiger partial charge is 0.368 e. The number of hydrazine groups is 1. The van der Waals surface area contributed by atoms with Crippen LogP contribution in [0.1, 0.15) is 23.2 Å². The number of rotatable bonds is 2. The molecule has 2 rings (SSSR count). The van der Waals surface area contributed by atoms with Gasteiger partial charge < -0.3 is 4.74 Å². The molecule has 5 nitrogen and oxygen atoms in total. The molecule has 0 bridgehead atoms. The lowest BCUT2D eigenvalue weighted by atomic mass is 10.2. The van der Waals surface area contributed by atoms with Crippen molar-refractivity contribution in [2.75, 3.05) is 6.61 Å². The van der Waals surface area contributed by atoms with Gasteiger partial charge in [-0.15, -0.1) is 0 Å². The van der Waals surface area contributed by atoms with Gasteiger partial charge in [0.2, 0.25) is 0 Å². The first kappa shape index (κ1) is 11.1. The average Bonchev–Trinajstić information content (AvgIpc) is 2.95. The van der Waals surface area contributed by atoms with E-state index in [2.05, 4.69) is 10.9 Å². The average molecular weight is 240 g/mol. The van der Waals surface area contributed by atoms with E-state index in [1.165, 1.54) is 11.3 Å². The highest BCUT2D eigenvalue weighted by Gasteiger charge is 2.23. The van der Waals surface area contributed by atoms with E-state index in [1.54, 1.807) is 16.8 Å². The SMILES string of the molecule is O=C(NNC(=O)C1CCCO1)c1ccsc1. The molecule has 0 saturated carbocycles. The van der Waals surface area contributed by atoms with Crippen LogP contribution in [0, 0.1) is 0 Å². The van der Waals surface area contributed by atoms with Crippen LogP contribution >= 0.6 is 11.3 Å². The zero-order valence-electron chi connectivity index (χ0n) is 8.56. The van der Waals surface area contributed by atoms with Gasteiger partial charge in [0.25, 0.3) is 11.8 Å². The molecule has 1 unspecified atom stereocenters. The molecule has 2 heterocycles. The van der Waals surface area contributed by atoms with Crippen LogP contribution in [-0.2, 0) is 9.53 Å². The summed E-state index contributed by atoms with van der Waals surface area (Å²) in [4.78, 5) is 22.9. The Balaban J connectivity index is 1.79. The number of carbonyl (C=O) groups is 2. The summed E-state index contributed by atoms with van der Waals surface area (Å²) in [6.07, 6.45) is 1.17. The van der Waals surface area contributed by atoms with Gasteiger partial charge in [-0.25, -0.2) is 0 Å². The quantitative estimate of drug-likeness (QED) is 0.747. The molecule has 0 aliphatic carbocycles. The molecular formula is C10H12N2O3S. The van der Waals surface area contributed by atoms with Crippen LogP contribution in [0.25, 0.3) is 0 Å². The fraction of sp³-hybridized carbons (Fsp3) is 0.400. The maximum atomic E-state index is 11.5. The zero-order chi connectivity index (χ0) is 11.4. The van der Waals surface area contributed by atoms with Crippen molar-refractivity contribution in [3.8, 4) is 0 Å². The third-order valence-electron chi connectivity index (χ3n) is 2.30. The summed E-state index contributed by atoms with van der Waals surface area (Å²) in [6.45, 7) is 0.608. The van der Waals surface area contributed by atoms with Gasteiger partial charge >= 0.3 is 0 Å². The summed E-state index contributed by atoms with van der Waals surface area (Å²) in [5.41, 5.74) is 5.24. The van der Waals surface area contributed by atoms with Crippen LogP contribution in [-0.4, -0.2) is 24.5 Å². The molecule has 6 heteroatoms. The van der Waals surface area contributed by atoms with Crippen molar-refractivity contribution in [2.45, 2.75) is 18.9 Å². The summed E-state index contributed by atoms with van der Waals surface area (Å²) < 4.78 is 5.18. The smallest absolute Gasteiger partial charge is 0.270 e. The van der Waals surface area contributed by atoms with E-state index in [-0.39, 0.29) is 11.8 Å². The highest BCUT2D eigenvalue weighted by atomic mass is 32.1. The predicted molar refractivity (Wildman–Crippen MR) is 58.9 cm³/mol. The van der Waals surface area contributed by atoms with Gasteiger partial charge in [0.05, 0.1) is 5.56 Å². The molecule has 86 valence electrons. The lowest BCUT2D eigenvalue weighted by Gasteiger charge is -2.10. The summed E-state index contributed by atoms with van der Waals surface area (Å²) in [5, 5.41) is 3.52. The van der Waals surface area contributed by atoms with E-state index < -0.39 is 6.10 Å². The number of hydrogen-bond acceptors (Lipinski definition) is 4. The van der Waals surface area contributed by atoms with Crippen LogP contribution in [0.4, 0.5) is 0 Å². The predicted octanol–water partition coefficient (Wildman–Crippen LogP) is 0.688. The van der Waals surface area contributed by atoms with Gasteiger partial charge in [0.1, 0.15) is 6.10 Å². The van der Waals surface area contributed by atoms with Crippen molar-refractivity contribution >= 4 is 23.2 Å². The van der Waals surface area contributed by atoms with Crippen molar-refractivity contribution in [1.82, 2.24) is 10.9 Å². The minimum Gasteiger partial charge on any atom is -0.368 e. The second kappa shape index (κ2) is 5.09. The number of ether oxygens (including phenoxy) is 1. The van der Waals surface area contributed by atoms with E-state index >= 15 is 0 Å². The van der Waals surface area contributed by atoms with Crippen molar-refractivity contribution in [2.24, 2.45) is 0 Å². The van der Waals surface area contributed by atoms with E-state index in [1.807, 2.05) is 0 Å². The van der Waals surface area contributed by atoms with Gasteiger partial charge in [-0.2, -0.15) is 11.3 Å². The number of carbonyl (C=O) groups excluding carboxylic acids is 2. The van der Waals surface area contributed by atoms with E-state index in [0.717, 1.165) is 6.42 Å². The number of amides is 2. The molecular weight excluding hydrogens is 228 g/mol. The Morgan fingerprint density at radius 1 is 1.44 bits per heavy atom. The molecule has 0 spiro atoms. The van der Waals surface area contributed by atoms with Gasteiger partial charge in [0.15, 0.2) is 0 Å². The van der Waals surface area contributed by atoms with E-state index in [9.17, 15) is 9.59 Å². The van der Waals surface area contributed by atoms with E-state index in [0.29, 0.717) is 18.6 Å². The van der Waals surface area contributed by atoms with Crippen LogP contribution < -0.4 is 10.9 Å². The van der Waals surface area contributed by atoms with Crippen molar-refractivity contribution in [3.05, 3.63) is 22.4 Å². The van der Waals surface area contributed by atoms with Crippen molar-refractivity contribution in [3.63, 3.8) is 0 Å². The second-order valence-corrected chi connectivity index (χ2v) is 4.24. The molecule has 1 aliphatic rings. The highest BCUT2D eigenvalue weighted by molar-refractivity contribution is 7.08. The molecule has 2 N–H and O–H groups in total. The molecule has 1 aliphatic heterocycles. The van der Waals surface area contributed by atoms with Crippen molar-refractivity contribution < 1.29 is 14.3 Å². The minimum absolute atomic E-state index is 0.291. The monoisotopic (exact) mass is 240 g/mol. The first-order valence-electron chi connectivity index (χ1n) is 5.01. The van der Waals surface area contributed by atoms with Gasteiger partial charge in [0, 0.05) is 12.0 Å². The fourth-order valence-electron chi connectivity index (χ4n) is 1.45. The Hall–Kier alpha value is -1.40. The van der Waals surface area contributed by atoms with Gasteiger partial charge in [-0.05, 0) is 24.3 Å². The fourth-order valence-corrected chi connectivity index (χ4v) is 2.09. The van der Waals surface area contributed by atoms with Crippen LogP contribution in [0.2, 0.25) is 0 Å². The van der Waals surface area contributed by atoms with Crippen molar-refractivity contribution in [1.29, 1.82) is 0 Å². The zero-order valence-corrected chi connectivity index (χ0v) is 9.38. The lowest BCUT2D eigenvalue weighted by molar-refractivity contribution is -0.130. The molecule has 1 fully saturated rings. The first-order chi connectivity index (χ1) is 7.77. The van der Waals surface area contributed by atoms with E-state index in [4.69, 9.17) is 4.74 Å². The molecule has 2 amide bonds. The lowest BCUT2D eigenvalue weighted by Crippen LogP contribution is -2.46. The standard InChI is InChI=1S/C10H12N2O3S/c13-9(7-3-5-16-6-7)11-12-10(14)8-2-1-4-15-8/h3,5-6,8H,1-2,4H2,(H,11,13)(H,12,14). The first-order valence-corrected chi connectivity index (χ1v) is 5.95. The summed E-state index contributed by atoms with van der Waals surface area (Å²) in [5.74, 6) is -0.603. The Morgan fingerprint density at radius 3 is 2.94 bits per heavy atom. The molecule has 1 atom stereocenters. The number of thiophene rings is 1. The molecule has 1 aromatic heterocycles. The summed E-state index contributed by atoms with van der Waals surface area (Å²) >= 11 is 1.43. The molecule has 0 radical (unpaired) electrons. The third-order valence-corrected chi connectivity index (χ3v) is 2.99. The minimum atomic E-state index is -0.428. The van der Waals surface area contributed by atoms with Crippen LogP contribution in [0.3, 0.4) is 0 Å². The maximum absolute atomic E-state index is 11.5. The maximum Gasteiger partial charge on any atom is 0.270 e. The van der Waals surface area contributed by atoms with Gasteiger partial charge in [-0.3, -0.25) is 20.4 Å². The number of hydrogen-bond donors (Lipinski definition) is 2. The molecule has 0 aromatic carbocycles. The Morgan fingerprint density at radius 2 is 2.31 bits per heavy atom. The molecule has 1 saturated heterocycles. The third kappa shape index (κ3) is 2.59. The number of nitrogens with one attached hydrogen (secondary N) is 2. The highest BCUT2D eigenvalue weighted by Crippen LogP contribution is 2.11. The van der Waals surface area contributed by atoms with Crippen LogP contribution in [0.15, 0.2) is 16.8 Å². The molecule has 1 aromatic rings. The Labute approximate surface area is 96.8 Å². The molecule has 16 heavy (non-hydrogen) atoms. The topological polar surface area (TPSA) is 67.4 Å². The Kier molecular flexibility index (Phi) is 3.53. The summed E-state index contributed by atoms with van der Waals surface area (Å²) in [7, 11) is 0. The van der Waals surface area contributed by atoms with Crippen LogP contribution in [0.5, 0.6) is 0 Å². The normalized spacial score (nSPS) is 19.4. The van der Waals surface area contributed by atoms with Gasteiger partial charge in [-0.1, -0.05) is 0 Å². The summed E-state index contributed by atoms with van der Waals surface area (Å²) in [6, 6.07) is 1.69.